The summed E-state index contributed by atoms with van der Waals surface area (Å²) in [6, 6.07) is 10.6. The molecule has 0 bridgehead atoms. The van der Waals surface area contributed by atoms with Crippen molar-refractivity contribution in [1.82, 2.24) is 35.0 Å². The number of nitrogens with one attached hydrogen (secondary N) is 1. The van der Waals surface area contributed by atoms with Crippen LogP contribution in [-0.4, -0.2) is 82.8 Å². The zero-order valence-electron chi connectivity index (χ0n) is 25.4. The van der Waals surface area contributed by atoms with Gasteiger partial charge in [-0.05, 0) is 75.3 Å². The van der Waals surface area contributed by atoms with Crippen molar-refractivity contribution in [2.24, 2.45) is 5.73 Å². The summed E-state index contributed by atoms with van der Waals surface area (Å²) in [7, 11) is 0. The Kier molecular flexibility index (Phi) is 17.8. The monoisotopic (exact) mass is 711 g/mol. The number of nitrogens with two attached hydrogens (primary N) is 4. The summed E-state index contributed by atoms with van der Waals surface area (Å²) in [5, 5.41) is 25.9. The van der Waals surface area contributed by atoms with Gasteiger partial charge in [-0.3, -0.25) is 0 Å². The van der Waals surface area contributed by atoms with Crippen molar-refractivity contribution >= 4 is 54.0 Å². The molecule has 1 unspecified atom stereocenters. The molecule has 0 aliphatic rings. The van der Waals surface area contributed by atoms with Gasteiger partial charge >= 0.3 is 24.8 Å². The molecule has 0 radical (unpaired) electrons. The molecular formula is C25H43AsN13O3PS. The second kappa shape index (κ2) is 19.2. The molecule has 0 fully saturated rings. The predicted molar refractivity (Wildman–Crippen MR) is 177 cm³/mol. The van der Waals surface area contributed by atoms with E-state index >= 15 is 0 Å². The van der Waals surface area contributed by atoms with Crippen LogP contribution in [0.5, 0.6) is 0 Å². The Labute approximate surface area is 272 Å². The summed E-state index contributed by atoms with van der Waals surface area (Å²) in [6.07, 6.45) is 4.03. The number of nitrogens with zero attached hydrogens (tertiary/aromatic N) is 8. The molecule has 0 aliphatic carbocycles. The molecule has 0 spiro atoms. The number of benzene rings is 1. The van der Waals surface area contributed by atoms with E-state index < -0.39 is 17.6 Å². The van der Waals surface area contributed by atoms with Gasteiger partial charge in [-0.15, -0.1) is 0 Å². The van der Waals surface area contributed by atoms with Gasteiger partial charge in [0.1, 0.15) is 12.7 Å². The second-order valence-electron chi connectivity index (χ2n) is 10.1. The maximum atomic E-state index is 10.3. The number of aromatic nitrogens is 6. The summed E-state index contributed by atoms with van der Waals surface area (Å²) < 4.78 is 12.1. The molecule has 0 saturated heterocycles. The Hall–Kier alpha value is -3.27. The van der Waals surface area contributed by atoms with E-state index in [2.05, 4.69) is 42.5 Å². The number of nitriles is 2. The van der Waals surface area contributed by atoms with Gasteiger partial charge < -0.3 is 38.0 Å². The molecule has 19 heteroatoms. The molecule has 2 heterocycles. The van der Waals surface area contributed by atoms with E-state index in [1.54, 1.807) is 11.0 Å². The number of hydrogen-bond donors (Lipinski definition) is 7. The van der Waals surface area contributed by atoms with Gasteiger partial charge in [0.2, 0.25) is 17.8 Å². The summed E-state index contributed by atoms with van der Waals surface area (Å²) in [5.74, 6) is 0.550. The van der Waals surface area contributed by atoms with E-state index in [1.165, 1.54) is 6.33 Å². The number of hydrogen-bond acceptors (Lipinski definition) is 14. The molecule has 11 N–H and O–H groups in total. The van der Waals surface area contributed by atoms with Crippen LogP contribution in [0.25, 0.3) is 0 Å². The first-order valence-corrected chi connectivity index (χ1v) is 16.2. The van der Waals surface area contributed by atoms with Crippen LogP contribution in [0.3, 0.4) is 0 Å². The third kappa shape index (κ3) is 16.0. The van der Waals surface area contributed by atoms with Gasteiger partial charge in [0.25, 0.3) is 0 Å². The van der Waals surface area contributed by atoms with Gasteiger partial charge in [0.15, 0.2) is 0 Å². The van der Waals surface area contributed by atoms with E-state index in [0.717, 1.165) is 29.7 Å². The van der Waals surface area contributed by atoms with Crippen molar-refractivity contribution in [2.45, 2.75) is 51.5 Å². The first-order valence-electron chi connectivity index (χ1n) is 13.0. The quantitative estimate of drug-likeness (QED) is 0.0789. The summed E-state index contributed by atoms with van der Waals surface area (Å²) in [4.78, 5) is 31.3. The predicted octanol–water partition coefficient (Wildman–Crippen LogP) is 0.114. The zero-order chi connectivity index (χ0) is 32.7. The Bertz CT molecular complexity index is 1330. The Morgan fingerprint density at radius 1 is 0.955 bits per heavy atom. The van der Waals surface area contributed by atoms with Crippen molar-refractivity contribution in [3.8, 4) is 12.1 Å². The van der Waals surface area contributed by atoms with Crippen LogP contribution in [0.15, 0.2) is 30.9 Å². The average Bonchev–Trinajstić information content (AvgIpc) is 3.43. The number of anilines is 3. The zero-order valence-corrected chi connectivity index (χ0v) is 30.1. The Morgan fingerprint density at radius 3 is 1.84 bits per heavy atom. The molecule has 3 rings (SSSR count). The van der Waals surface area contributed by atoms with Crippen LogP contribution in [0.1, 0.15) is 50.8 Å². The fraction of sp³-hybridized carbons (Fsp3) is 0.480. The Balaban J connectivity index is 0.000000708. The van der Waals surface area contributed by atoms with Gasteiger partial charge in [-0.2, -0.15) is 30.6 Å². The number of nitrogen functional groups attached to an aromatic ring is 3. The average molecular weight is 712 g/mol. The van der Waals surface area contributed by atoms with E-state index in [1.807, 2.05) is 45.9 Å². The van der Waals surface area contributed by atoms with Crippen LogP contribution in [0, 0.1) is 22.7 Å². The van der Waals surface area contributed by atoms with Gasteiger partial charge in [0, 0.05) is 12.3 Å². The number of rotatable bonds is 11. The van der Waals surface area contributed by atoms with Crippen LogP contribution in [0.4, 0.5) is 17.8 Å². The van der Waals surface area contributed by atoms with Crippen molar-refractivity contribution in [2.75, 3.05) is 42.6 Å². The van der Waals surface area contributed by atoms with E-state index in [4.69, 9.17) is 32.7 Å². The molecule has 0 aliphatic heterocycles. The molecule has 1 atom stereocenters. The van der Waals surface area contributed by atoms with Crippen molar-refractivity contribution < 1.29 is 14.4 Å². The molecule has 3 aromatic rings. The van der Waals surface area contributed by atoms with Gasteiger partial charge in [-0.1, -0.05) is 18.2 Å². The standard InChI is InChI=1S/C17H19N5.C5H15N2O3PS.C3H6N6.AsH3/c1-16(2,9-18)14-5-13(8-22-12-20-11-21-22)6-15(7-14)17(3,4)10-19;6-2-1-3-7-4-5-12-11(8,9)10;4-1-7-2(5)9-3(6)8-1;/h5-7,11-12H,8H2,1-4H3;7H,1-6H2,(H2,8,9,10);(H6,4,5,6,7,8,9);1H3. The topological polar surface area (TPSA) is 291 Å². The van der Waals surface area contributed by atoms with E-state index in [0.29, 0.717) is 36.8 Å². The normalized spacial score (nSPS) is 11.0. The molecule has 1 aromatic carbocycles. The van der Waals surface area contributed by atoms with Crippen molar-refractivity contribution in [1.29, 1.82) is 10.5 Å². The summed E-state index contributed by atoms with van der Waals surface area (Å²) in [6.45, 7) is 6.26. The van der Waals surface area contributed by atoms with Gasteiger partial charge in [0.05, 0.1) is 29.5 Å². The summed E-state index contributed by atoms with van der Waals surface area (Å²) >= 11 is 0.665. The molecule has 0 amide bonds. The SMILES string of the molecule is CC(C)(C#N)c1cc(Cn2cncn2)cc(C(C)(C)C#N)c1.NCCCNCCSP(=O)(O)O.Nc1nc(N)nc(N)n1.[AsH3]. The first-order chi connectivity index (χ1) is 20.0. The fourth-order valence-electron chi connectivity index (χ4n) is 3.15. The summed E-state index contributed by atoms with van der Waals surface area (Å²) in [5.41, 5.74) is 22.3. The van der Waals surface area contributed by atoms with Crippen molar-refractivity contribution in [3.05, 3.63) is 47.5 Å². The van der Waals surface area contributed by atoms with E-state index in [9.17, 15) is 15.1 Å². The molecular weight excluding hydrogens is 668 g/mol. The molecule has 2 aromatic heterocycles. The molecule has 44 heavy (non-hydrogen) atoms. The minimum absolute atomic E-state index is 0. The third-order valence-electron chi connectivity index (χ3n) is 5.59. The van der Waals surface area contributed by atoms with Crippen LogP contribution < -0.4 is 28.3 Å². The maximum absolute atomic E-state index is 10.3. The second-order valence-corrected chi connectivity index (χ2v) is 14.0. The minimum atomic E-state index is -3.87. The fourth-order valence-corrected chi connectivity index (χ4v) is 4.61. The first kappa shape index (κ1) is 40.7. The third-order valence-corrected chi connectivity index (χ3v) is 7.87. The van der Waals surface area contributed by atoms with Crippen molar-refractivity contribution in [3.63, 3.8) is 0 Å². The van der Waals surface area contributed by atoms with Crippen LogP contribution >= 0.6 is 18.2 Å². The van der Waals surface area contributed by atoms with Crippen LogP contribution in [-0.2, 0) is 21.9 Å². The van der Waals surface area contributed by atoms with E-state index in [-0.39, 0.29) is 35.8 Å². The molecule has 242 valence electrons. The van der Waals surface area contributed by atoms with Gasteiger partial charge in [-0.25, -0.2) is 14.2 Å². The molecule has 0 saturated carbocycles. The van der Waals surface area contributed by atoms with Crippen LogP contribution in [0.2, 0.25) is 0 Å². The Morgan fingerprint density at radius 2 is 1.45 bits per heavy atom. The molecule has 16 nitrogen and oxygen atoms in total.